The van der Waals surface area contributed by atoms with Crippen LogP contribution in [0.2, 0.25) is 5.02 Å². The number of rotatable bonds is 6. The van der Waals surface area contributed by atoms with Crippen LogP contribution < -0.4 is 0 Å². The second-order valence-corrected chi connectivity index (χ2v) is 7.51. The van der Waals surface area contributed by atoms with Crippen molar-refractivity contribution in [3.8, 4) is 0 Å². The van der Waals surface area contributed by atoms with Crippen molar-refractivity contribution in [2.24, 2.45) is 5.92 Å². The van der Waals surface area contributed by atoms with Gasteiger partial charge in [-0.1, -0.05) is 36.7 Å². The number of nitrogens with zero attached hydrogens (tertiary/aromatic N) is 2. The summed E-state index contributed by atoms with van der Waals surface area (Å²) in [5.74, 6) is 0.877. The lowest BCUT2D eigenvalue weighted by molar-refractivity contribution is -0.129. The van der Waals surface area contributed by atoms with E-state index in [2.05, 4.69) is 16.7 Å². The molecule has 0 bridgehead atoms. The SMILES string of the molecule is CN(C)CCN(C(=O)/C=C/c1ccccc1Cl)[C@H]1CC[C@H](C)CC1. The van der Waals surface area contributed by atoms with Crippen LogP contribution in [0, 0.1) is 5.92 Å². The molecule has 0 unspecified atom stereocenters. The number of benzene rings is 1. The summed E-state index contributed by atoms with van der Waals surface area (Å²) in [4.78, 5) is 17.0. The molecular formula is C20H29ClN2O. The average Bonchev–Trinajstić information content (AvgIpc) is 2.55. The topological polar surface area (TPSA) is 23.6 Å². The minimum atomic E-state index is 0.0938. The third-order valence-corrected chi connectivity index (χ3v) is 5.15. The number of hydrogen-bond donors (Lipinski definition) is 0. The maximum Gasteiger partial charge on any atom is 0.246 e. The molecule has 1 aliphatic rings. The van der Waals surface area contributed by atoms with Crippen LogP contribution in [0.5, 0.6) is 0 Å². The van der Waals surface area contributed by atoms with Crippen LogP contribution in [0.3, 0.4) is 0 Å². The van der Waals surface area contributed by atoms with E-state index < -0.39 is 0 Å². The van der Waals surface area contributed by atoms with Crippen LogP contribution >= 0.6 is 11.6 Å². The minimum Gasteiger partial charge on any atom is -0.335 e. The molecule has 1 amide bonds. The molecule has 1 aromatic rings. The van der Waals surface area contributed by atoms with E-state index in [0.29, 0.717) is 11.1 Å². The van der Waals surface area contributed by atoms with Crippen molar-refractivity contribution in [3.63, 3.8) is 0 Å². The van der Waals surface area contributed by atoms with E-state index in [1.54, 1.807) is 6.08 Å². The quantitative estimate of drug-likeness (QED) is 0.715. The molecule has 0 N–H and O–H groups in total. The minimum absolute atomic E-state index is 0.0938. The zero-order chi connectivity index (χ0) is 17.5. The summed E-state index contributed by atoms with van der Waals surface area (Å²) >= 11 is 6.17. The summed E-state index contributed by atoms with van der Waals surface area (Å²) in [7, 11) is 4.09. The van der Waals surface area contributed by atoms with E-state index in [-0.39, 0.29) is 5.91 Å². The third-order valence-electron chi connectivity index (χ3n) is 4.81. The van der Waals surface area contributed by atoms with E-state index in [1.807, 2.05) is 44.4 Å². The average molecular weight is 349 g/mol. The van der Waals surface area contributed by atoms with Gasteiger partial charge in [-0.2, -0.15) is 0 Å². The first-order chi connectivity index (χ1) is 11.5. The monoisotopic (exact) mass is 348 g/mol. The molecule has 0 aromatic heterocycles. The Hall–Kier alpha value is -1.32. The summed E-state index contributed by atoms with van der Waals surface area (Å²) in [6, 6.07) is 7.97. The summed E-state index contributed by atoms with van der Waals surface area (Å²) in [6.07, 6.45) is 8.16. The number of hydrogen-bond acceptors (Lipinski definition) is 2. The zero-order valence-corrected chi connectivity index (χ0v) is 15.8. The van der Waals surface area contributed by atoms with Crippen molar-refractivity contribution < 1.29 is 4.79 Å². The fraction of sp³-hybridized carbons (Fsp3) is 0.550. The normalized spacial score (nSPS) is 21.4. The molecule has 0 spiro atoms. The van der Waals surface area contributed by atoms with Gasteiger partial charge in [0, 0.05) is 30.2 Å². The first-order valence-electron chi connectivity index (χ1n) is 8.85. The summed E-state index contributed by atoms with van der Waals surface area (Å²) < 4.78 is 0. The summed E-state index contributed by atoms with van der Waals surface area (Å²) in [5.41, 5.74) is 0.886. The number of carbonyl (C=O) groups is 1. The Labute approximate surface area is 151 Å². The van der Waals surface area contributed by atoms with Gasteiger partial charge in [-0.3, -0.25) is 4.79 Å². The Bertz CT molecular complexity index is 563. The van der Waals surface area contributed by atoms with E-state index in [1.165, 1.54) is 12.8 Å². The molecule has 3 nitrogen and oxygen atoms in total. The Morgan fingerprint density at radius 2 is 1.83 bits per heavy atom. The molecule has 1 aliphatic carbocycles. The van der Waals surface area contributed by atoms with Crippen molar-refractivity contribution in [1.29, 1.82) is 0 Å². The van der Waals surface area contributed by atoms with Gasteiger partial charge in [-0.05, 0) is 63.4 Å². The van der Waals surface area contributed by atoms with Gasteiger partial charge in [0.25, 0.3) is 0 Å². The van der Waals surface area contributed by atoms with E-state index >= 15 is 0 Å². The summed E-state index contributed by atoms with van der Waals surface area (Å²) in [6.45, 7) is 3.97. The molecule has 132 valence electrons. The van der Waals surface area contributed by atoms with Crippen LogP contribution in [0.15, 0.2) is 30.3 Å². The highest BCUT2D eigenvalue weighted by Gasteiger charge is 2.26. The molecule has 0 atom stereocenters. The van der Waals surface area contributed by atoms with E-state index in [0.717, 1.165) is 37.4 Å². The molecule has 0 aliphatic heterocycles. The Balaban J connectivity index is 2.07. The standard InChI is InChI=1S/C20H29ClN2O/c1-16-8-11-18(12-9-16)23(15-14-22(2)3)20(24)13-10-17-6-4-5-7-19(17)21/h4-7,10,13,16,18H,8-9,11-12,14-15H2,1-3H3/b13-10+/t16-,18-. The molecule has 1 saturated carbocycles. The third kappa shape index (κ3) is 5.64. The van der Waals surface area contributed by atoms with Crippen molar-refractivity contribution in [3.05, 3.63) is 40.9 Å². The predicted molar refractivity (Wildman–Crippen MR) is 102 cm³/mol. The lowest BCUT2D eigenvalue weighted by Gasteiger charge is -2.36. The second-order valence-electron chi connectivity index (χ2n) is 7.10. The summed E-state index contributed by atoms with van der Waals surface area (Å²) in [5, 5.41) is 0.674. The van der Waals surface area contributed by atoms with Gasteiger partial charge < -0.3 is 9.80 Å². The number of halogens is 1. The Morgan fingerprint density at radius 3 is 2.46 bits per heavy atom. The smallest absolute Gasteiger partial charge is 0.246 e. The maximum atomic E-state index is 12.8. The predicted octanol–water partition coefficient (Wildman–Crippen LogP) is 4.32. The maximum absolute atomic E-state index is 12.8. The highest BCUT2D eigenvalue weighted by atomic mass is 35.5. The van der Waals surface area contributed by atoms with E-state index in [9.17, 15) is 4.79 Å². The van der Waals surface area contributed by atoms with Crippen LogP contribution in [0.1, 0.15) is 38.2 Å². The van der Waals surface area contributed by atoms with Crippen molar-refractivity contribution in [1.82, 2.24) is 9.80 Å². The highest BCUT2D eigenvalue weighted by Crippen LogP contribution is 2.27. The molecule has 4 heteroatoms. The fourth-order valence-corrected chi connectivity index (χ4v) is 3.40. The molecule has 1 fully saturated rings. The Kier molecular flexibility index (Phi) is 7.32. The first kappa shape index (κ1) is 19.0. The molecule has 0 heterocycles. The van der Waals surface area contributed by atoms with Gasteiger partial charge in [0.1, 0.15) is 0 Å². The Morgan fingerprint density at radius 1 is 1.17 bits per heavy atom. The van der Waals surface area contributed by atoms with E-state index in [4.69, 9.17) is 11.6 Å². The van der Waals surface area contributed by atoms with Gasteiger partial charge in [0.15, 0.2) is 0 Å². The number of amides is 1. The molecule has 2 rings (SSSR count). The highest BCUT2D eigenvalue weighted by molar-refractivity contribution is 6.32. The number of likely N-dealkylation sites (N-methyl/N-ethyl adjacent to an activating group) is 1. The largest absolute Gasteiger partial charge is 0.335 e. The lowest BCUT2D eigenvalue weighted by Crippen LogP contribution is -2.44. The van der Waals surface area contributed by atoms with Gasteiger partial charge in [0.2, 0.25) is 5.91 Å². The van der Waals surface area contributed by atoms with Crippen LogP contribution in [0.4, 0.5) is 0 Å². The zero-order valence-electron chi connectivity index (χ0n) is 15.0. The fourth-order valence-electron chi connectivity index (χ4n) is 3.20. The second kappa shape index (κ2) is 9.24. The van der Waals surface area contributed by atoms with Gasteiger partial charge in [-0.25, -0.2) is 0 Å². The molecule has 1 aromatic carbocycles. The van der Waals surface area contributed by atoms with Crippen LogP contribution in [0.25, 0.3) is 6.08 Å². The first-order valence-corrected chi connectivity index (χ1v) is 9.23. The molecule has 0 saturated heterocycles. The van der Waals surface area contributed by atoms with Crippen molar-refractivity contribution in [2.75, 3.05) is 27.2 Å². The van der Waals surface area contributed by atoms with Gasteiger partial charge >= 0.3 is 0 Å². The molecule has 24 heavy (non-hydrogen) atoms. The van der Waals surface area contributed by atoms with Crippen LogP contribution in [-0.2, 0) is 4.79 Å². The van der Waals surface area contributed by atoms with Gasteiger partial charge in [0.05, 0.1) is 0 Å². The molecular weight excluding hydrogens is 320 g/mol. The van der Waals surface area contributed by atoms with Gasteiger partial charge in [-0.15, -0.1) is 0 Å². The molecule has 0 radical (unpaired) electrons. The van der Waals surface area contributed by atoms with Crippen LogP contribution in [-0.4, -0.2) is 48.9 Å². The number of carbonyl (C=O) groups excluding carboxylic acids is 1. The van der Waals surface area contributed by atoms with Crippen molar-refractivity contribution >= 4 is 23.6 Å². The lowest BCUT2D eigenvalue weighted by atomic mass is 9.86. The van der Waals surface area contributed by atoms with Crippen molar-refractivity contribution in [2.45, 2.75) is 38.6 Å².